The van der Waals surface area contributed by atoms with E-state index in [1.165, 1.54) is 5.32 Å². The lowest BCUT2D eigenvalue weighted by Gasteiger charge is -2.27. The van der Waals surface area contributed by atoms with Gasteiger partial charge in [0.25, 0.3) is 0 Å². The van der Waals surface area contributed by atoms with Gasteiger partial charge in [-0.15, -0.1) is 0 Å². The Morgan fingerprint density at radius 2 is 1.62 bits per heavy atom. The number of fused-ring (bicyclic) bond motifs is 2. The lowest BCUT2D eigenvalue weighted by atomic mass is 10.1. The second-order valence-electron chi connectivity index (χ2n) is 5.67. The van der Waals surface area contributed by atoms with Crippen LogP contribution in [0, 0.1) is 0 Å². The number of methoxy groups -OCH3 is 1. The molecule has 0 fully saturated rings. The highest BCUT2D eigenvalue weighted by Gasteiger charge is 2.76. The predicted octanol–water partition coefficient (Wildman–Crippen LogP) is 4.32. The zero-order chi connectivity index (χ0) is 21.8. The van der Waals surface area contributed by atoms with Gasteiger partial charge in [-0.3, -0.25) is 4.79 Å². The normalized spacial score (nSPS) is 13.1. The molecular weight excluding hydrogens is 419 g/mol. The fourth-order valence-corrected chi connectivity index (χ4v) is 2.55. The predicted molar refractivity (Wildman–Crippen MR) is 83.4 cm³/mol. The van der Waals surface area contributed by atoms with E-state index < -0.39 is 40.8 Å². The molecule has 6 nitrogen and oxygen atoms in total. The smallest absolute Gasteiger partial charge is 0.460 e. The molecule has 0 atom stereocenters. The van der Waals surface area contributed by atoms with E-state index >= 15 is 0 Å². The number of amides is 1. The summed E-state index contributed by atoms with van der Waals surface area (Å²) in [6.07, 6.45) is -5.68. The van der Waals surface area contributed by atoms with Gasteiger partial charge in [-0.1, -0.05) is 0 Å². The first-order valence-corrected chi connectivity index (χ1v) is 7.47. The topological polar surface area (TPSA) is 81.7 Å². The van der Waals surface area contributed by atoms with E-state index in [1.807, 2.05) is 0 Å². The van der Waals surface area contributed by atoms with Gasteiger partial charge in [0.2, 0.25) is 5.75 Å². The molecule has 0 saturated heterocycles. The van der Waals surface area contributed by atoms with E-state index in [4.69, 9.17) is 13.6 Å². The van der Waals surface area contributed by atoms with Crippen LogP contribution in [0.2, 0.25) is 0 Å². The molecule has 2 aromatic heterocycles. The van der Waals surface area contributed by atoms with Gasteiger partial charge in [0.1, 0.15) is 0 Å². The number of rotatable bonds is 4. The summed E-state index contributed by atoms with van der Waals surface area (Å²) >= 11 is 0. The van der Waals surface area contributed by atoms with E-state index in [0.717, 1.165) is 31.6 Å². The first kappa shape index (κ1) is 20.5. The van der Waals surface area contributed by atoms with E-state index in [-0.39, 0.29) is 22.1 Å². The number of hydrogen-bond donors (Lipinski definition) is 1. The zero-order valence-corrected chi connectivity index (χ0v) is 14.0. The van der Waals surface area contributed by atoms with Gasteiger partial charge in [-0.05, 0) is 12.1 Å². The number of furan rings is 1. The Morgan fingerprint density at radius 3 is 2.21 bits per heavy atom. The maximum atomic E-state index is 13.7. The SMILES string of the molecule is COc1c2occc2c(NC(=O)C(F)(F)C(F)(F)C(F)(F)F)c2ccc(=O)oc12. The van der Waals surface area contributed by atoms with Gasteiger partial charge in [0, 0.05) is 16.8 Å². The van der Waals surface area contributed by atoms with Gasteiger partial charge < -0.3 is 18.9 Å². The third-order valence-corrected chi connectivity index (χ3v) is 3.93. The van der Waals surface area contributed by atoms with E-state index in [1.54, 1.807) is 0 Å². The number of benzene rings is 1. The molecule has 1 N–H and O–H groups in total. The molecule has 1 amide bonds. The van der Waals surface area contributed by atoms with Crippen molar-refractivity contribution in [2.45, 2.75) is 18.0 Å². The summed E-state index contributed by atoms with van der Waals surface area (Å²) in [5, 5.41) is 0.896. The van der Waals surface area contributed by atoms with Gasteiger partial charge >= 0.3 is 29.6 Å². The molecule has 3 rings (SSSR count). The van der Waals surface area contributed by atoms with Crippen molar-refractivity contribution in [1.82, 2.24) is 0 Å². The van der Waals surface area contributed by atoms with Crippen LogP contribution in [0.1, 0.15) is 0 Å². The Kier molecular flexibility index (Phi) is 4.51. The summed E-state index contributed by atoms with van der Waals surface area (Å²) in [7, 11) is 1.14. The van der Waals surface area contributed by atoms with Crippen molar-refractivity contribution in [2.75, 3.05) is 12.4 Å². The van der Waals surface area contributed by atoms with Crippen LogP contribution in [-0.4, -0.2) is 31.0 Å². The van der Waals surface area contributed by atoms with Crippen LogP contribution in [0.5, 0.6) is 5.75 Å². The molecule has 0 unspecified atom stereocenters. The van der Waals surface area contributed by atoms with E-state index in [0.29, 0.717) is 0 Å². The molecule has 2 heterocycles. The van der Waals surface area contributed by atoms with Crippen LogP contribution >= 0.6 is 0 Å². The maximum Gasteiger partial charge on any atom is 0.460 e. The van der Waals surface area contributed by atoms with Crippen molar-refractivity contribution in [1.29, 1.82) is 0 Å². The van der Waals surface area contributed by atoms with Gasteiger partial charge in [-0.2, -0.15) is 30.7 Å². The number of nitrogens with one attached hydrogen (secondary N) is 1. The van der Waals surface area contributed by atoms with Crippen molar-refractivity contribution < 1.29 is 49.1 Å². The zero-order valence-electron chi connectivity index (χ0n) is 14.0. The first-order chi connectivity index (χ1) is 13.3. The Balaban J connectivity index is 2.21. The van der Waals surface area contributed by atoms with Gasteiger partial charge in [0.15, 0.2) is 11.2 Å². The first-order valence-electron chi connectivity index (χ1n) is 7.47. The number of alkyl halides is 7. The third kappa shape index (κ3) is 2.96. The van der Waals surface area contributed by atoms with Crippen LogP contribution in [-0.2, 0) is 4.79 Å². The Hall–Kier alpha value is -3.25. The monoisotopic (exact) mass is 427 g/mol. The number of carbonyl (C=O) groups excluding carboxylic acids is 1. The molecule has 29 heavy (non-hydrogen) atoms. The summed E-state index contributed by atoms with van der Waals surface area (Å²) in [4.78, 5) is 23.2. The summed E-state index contributed by atoms with van der Waals surface area (Å²) in [5.41, 5.74) is -2.22. The van der Waals surface area contributed by atoms with Crippen LogP contribution in [0.4, 0.5) is 36.4 Å². The third-order valence-electron chi connectivity index (χ3n) is 3.93. The largest absolute Gasteiger partial charge is 0.490 e. The average molecular weight is 427 g/mol. The quantitative estimate of drug-likeness (QED) is 0.496. The molecule has 0 spiro atoms. The fourth-order valence-electron chi connectivity index (χ4n) is 2.55. The lowest BCUT2D eigenvalue weighted by Crippen LogP contribution is -2.57. The van der Waals surface area contributed by atoms with Gasteiger partial charge in [0.05, 0.1) is 19.1 Å². The van der Waals surface area contributed by atoms with Crippen molar-refractivity contribution in [3.05, 3.63) is 34.9 Å². The Bertz CT molecular complexity index is 1160. The van der Waals surface area contributed by atoms with Crippen molar-refractivity contribution >= 4 is 33.5 Å². The Labute approximate surface area is 154 Å². The molecule has 0 aliphatic rings. The number of anilines is 1. The highest BCUT2D eigenvalue weighted by molar-refractivity contribution is 6.16. The average Bonchev–Trinajstić information content (AvgIpc) is 3.09. The molecule has 13 heteroatoms. The van der Waals surface area contributed by atoms with Crippen LogP contribution < -0.4 is 15.7 Å². The summed E-state index contributed by atoms with van der Waals surface area (Å²) in [6, 6.07) is 2.90. The van der Waals surface area contributed by atoms with Crippen LogP contribution in [0.25, 0.3) is 21.9 Å². The van der Waals surface area contributed by atoms with Crippen molar-refractivity contribution in [3.8, 4) is 5.75 Å². The molecule has 156 valence electrons. The standard InChI is InChI=1S/C16H8F7NO5/c1-27-12-10-7(4-5-28-10)9(6-2-3-8(25)29-11(6)12)24-13(26)14(17,18)15(19,20)16(21,22)23/h2-5H,1H3,(H,24,26). The molecule has 1 aromatic carbocycles. The second-order valence-corrected chi connectivity index (χ2v) is 5.67. The minimum atomic E-state index is -6.69. The summed E-state index contributed by atoms with van der Waals surface area (Å²) < 4.78 is 106. The van der Waals surface area contributed by atoms with E-state index in [2.05, 4.69) is 0 Å². The minimum Gasteiger partial charge on any atom is -0.490 e. The molecule has 3 aromatic rings. The molecule has 0 radical (unpaired) electrons. The highest BCUT2D eigenvalue weighted by atomic mass is 19.4. The van der Waals surface area contributed by atoms with Crippen LogP contribution in [0.15, 0.2) is 38.1 Å². The second kappa shape index (κ2) is 6.39. The molecule has 0 saturated carbocycles. The molecule has 0 aliphatic carbocycles. The summed E-state index contributed by atoms with van der Waals surface area (Å²) in [6.45, 7) is 0. The van der Waals surface area contributed by atoms with E-state index in [9.17, 15) is 40.3 Å². The maximum absolute atomic E-state index is 13.7. The highest BCUT2D eigenvalue weighted by Crippen LogP contribution is 2.48. The van der Waals surface area contributed by atoms with Crippen molar-refractivity contribution in [3.63, 3.8) is 0 Å². The number of hydrogen-bond acceptors (Lipinski definition) is 5. The fraction of sp³-hybridized carbons (Fsp3) is 0.250. The number of ether oxygens (including phenoxy) is 1. The molecule has 0 aliphatic heterocycles. The lowest BCUT2D eigenvalue weighted by molar-refractivity contribution is -0.343. The Morgan fingerprint density at radius 1 is 1.00 bits per heavy atom. The molecule has 0 bridgehead atoms. The number of halogens is 7. The number of carbonyl (C=O) groups is 1. The minimum absolute atomic E-state index is 0.178. The molecular formula is C16H8F7NO5. The van der Waals surface area contributed by atoms with Crippen molar-refractivity contribution in [2.24, 2.45) is 0 Å². The van der Waals surface area contributed by atoms with Crippen LogP contribution in [0.3, 0.4) is 0 Å². The van der Waals surface area contributed by atoms with Gasteiger partial charge in [-0.25, -0.2) is 4.79 Å². The summed E-state index contributed by atoms with van der Waals surface area (Å²) in [5.74, 6) is -15.9.